The van der Waals surface area contributed by atoms with Crippen LogP contribution in [0.4, 0.5) is 4.79 Å². The van der Waals surface area contributed by atoms with Gasteiger partial charge in [-0.05, 0) is 36.5 Å². The number of carbonyl (C=O) groups excluding carboxylic acids is 1. The number of ether oxygens (including phenoxy) is 2. The second kappa shape index (κ2) is 7.30. The van der Waals surface area contributed by atoms with E-state index in [1.54, 1.807) is 14.2 Å². The van der Waals surface area contributed by atoms with Crippen molar-refractivity contribution in [2.24, 2.45) is 5.92 Å². The molecule has 1 aliphatic carbocycles. The number of hydrogen-bond acceptors (Lipinski definition) is 4. The zero-order chi connectivity index (χ0) is 17.1. The molecule has 2 amide bonds. The summed E-state index contributed by atoms with van der Waals surface area (Å²) in [4.78, 5) is 14.3. The van der Waals surface area contributed by atoms with Gasteiger partial charge in [-0.15, -0.1) is 0 Å². The second-order valence-electron chi connectivity index (χ2n) is 6.88. The number of rotatable bonds is 6. The van der Waals surface area contributed by atoms with E-state index < -0.39 is 0 Å². The van der Waals surface area contributed by atoms with Crippen molar-refractivity contribution in [2.45, 2.75) is 38.4 Å². The standard InChI is InChI=1S/C18H27N3O3/c1-12-6-17(12)20-18(22)19-14-4-5-21(11-14)10-13-7-15(23-2)9-16(8-13)24-3/h7-9,12,14,17H,4-6,10-11H2,1-3H3,(H2,19,20,22)/t12-,14+,17-/m1/s1. The summed E-state index contributed by atoms with van der Waals surface area (Å²) in [6.07, 6.45) is 2.08. The molecule has 0 aromatic heterocycles. The largest absolute Gasteiger partial charge is 0.497 e. The van der Waals surface area contributed by atoms with Gasteiger partial charge in [0.1, 0.15) is 11.5 Å². The number of amides is 2. The van der Waals surface area contributed by atoms with E-state index in [0.717, 1.165) is 49.5 Å². The Balaban J connectivity index is 1.49. The van der Waals surface area contributed by atoms with Gasteiger partial charge in [0.05, 0.1) is 14.2 Å². The molecule has 0 unspecified atom stereocenters. The average molecular weight is 333 g/mol. The molecule has 2 aliphatic rings. The summed E-state index contributed by atoms with van der Waals surface area (Å²) in [5.41, 5.74) is 1.16. The van der Waals surface area contributed by atoms with Crippen LogP contribution in [0.5, 0.6) is 11.5 Å². The summed E-state index contributed by atoms with van der Waals surface area (Å²) in [6.45, 7) is 4.83. The van der Waals surface area contributed by atoms with Crippen molar-refractivity contribution < 1.29 is 14.3 Å². The Morgan fingerprint density at radius 2 is 1.88 bits per heavy atom. The van der Waals surface area contributed by atoms with E-state index in [-0.39, 0.29) is 12.1 Å². The Kier molecular flexibility index (Phi) is 5.14. The molecule has 0 radical (unpaired) electrons. The zero-order valence-electron chi connectivity index (χ0n) is 14.7. The zero-order valence-corrected chi connectivity index (χ0v) is 14.7. The van der Waals surface area contributed by atoms with Gasteiger partial charge in [0.25, 0.3) is 0 Å². The summed E-state index contributed by atoms with van der Waals surface area (Å²) in [6, 6.07) is 6.49. The van der Waals surface area contributed by atoms with Crippen LogP contribution in [0.1, 0.15) is 25.3 Å². The van der Waals surface area contributed by atoms with Gasteiger partial charge in [-0.2, -0.15) is 0 Å². The number of benzene rings is 1. The van der Waals surface area contributed by atoms with Gasteiger partial charge in [-0.25, -0.2) is 4.79 Å². The third-order valence-corrected chi connectivity index (χ3v) is 4.85. The first-order valence-electron chi connectivity index (χ1n) is 8.58. The van der Waals surface area contributed by atoms with Crippen molar-refractivity contribution in [2.75, 3.05) is 27.3 Å². The Hall–Kier alpha value is -1.95. The predicted molar refractivity (Wildman–Crippen MR) is 92.5 cm³/mol. The van der Waals surface area contributed by atoms with E-state index in [2.05, 4.69) is 22.5 Å². The molecular formula is C18H27N3O3. The first-order chi connectivity index (χ1) is 11.6. The van der Waals surface area contributed by atoms with Crippen molar-refractivity contribution in [3.63, 3.8) is 0 Å². The van der Waals surface area contributed by atoms with Crippen LogP contribution in [0, 0.1) is 5.92 Å². The fraction of sp³-hybridized carbons (Fsp3) is 0.611. The highest BCUT2D eigenvalue weighted by atomic mass is 16.5. The van der Waals surface area contributed by atoms with Crippen LogP contribution in [-0.4, -0.2) is 50.3 Å². The lowest BCUT2D eigenvalue weighted by Gasteiger charge is -2.18. The molecule has 3 rings (SSSR count). The lowest BCUT2D eigenvalue weighted by Crippen LogP contribution is -2.44. The van der Waals surface area contributed by atoms with E-state index in [4.69, 9.17) is 9.47 Å². The van der Waals surface area contributed by atoms with E-state index in [9.17, 15) is 4.79 Å². The van der Waals surface area contributed by atoms with E-state index in [0.29, 0.717) is 12.0 Å². The Bertz CT molecular complexity index is 571. The smallest absolute Gasteiger partial charge is 0.315 e. The van der Waals surface area contributed by atoms with E-state index in [1.807, 2.05) is 18.2 Å². The molecule has 1 saturated carbocycles. The molecule has 1 saturated heterocycles. The molecule has 6 nitrogen and oxygen atoms in total. The van der Waals surface area contributed by atoms with Crippen LogP contribution in [0.3, 0.4) is 0 Å². The minimum atomic E-state index is -0.0285. The molecule has 6 heteroatoms. The van der Waals surface area contributed by atoms with Crippen molar-refractivity contribution in [3.8, 4) is 11.5 Å². The molecule has 1 aromatic carbocycles. The molecule has 0 bridgehead atoms. The van der Waals surface area contributed by atoms with E-state index >= 15 is 0 Å². The number of nitrogens with one attached hydrogen (secondary N) is 2. The first kappa shape index (κ1) is 16.9. The van der Waals surface area contributed by atoms with Gasteiger partial charge in [0.2, 0.25) is 0 Å². The number of methoxy groups -OCH3 is 2. The number of carbonyl (C=O) groups is 1. The molecule has 1 aliphatic heterocycles. The highest BCUT2D eigenvalue weighted by Gasteiger charge is 2.34. The molecule has 0 spiro atoms. The third kappa shape index (κ3) is 4.32. The molecule has 3 atom stereocenters. The third-order valence-electron chi connectivity index (χ3n) is 4.85. The maximum atomic E-state index is 12.0. The summed E-state index contributed by atoms with van der Waals surface area (Å²) in [5, 5.41) is 6.11. The lowest BCUT2D eigenvalue weighted by molar-refractivity contribution is 0.235. The van der Waals surface area contributed by atoms with Crippen LogP contribution in [0.15, 0.2) is 18.2 Å². The monoisotopic (exact) mass is 333 g/mol. The van der Waals surface area contributed by atoms with Gasteiger partial charge in [0.15, 0.2) is 0 Å². The van der Waals surface area contributed by atoms with Crippen molar-refractivity contribution in [3.05, 3.63) is 23.8 Å². The Labute approximate surface area is 143 Å². The lowest BCUT2D eigenvalue weighted by atomic mass is 10.2. The van der Waals surface area contributed by atoms with Crippen LogP contribution >= 0.6 is 0 Å². The Morgan fingerprint density at radius 3 is 2.46 bits per heavy atom. The van der Waals surface area contributed by atoms with Crippen molar-refractivity contribution >= 4 is 6.03 Å². The number of nitrogens with zero attached hydrogens (tertiary/aromatic N) is 1. The summed E-state index contributed by atoms with van der Waals surface area (Å²) < 4.78 is 10.6. The highest BCUT2D eigenvalue weighted by Crippen LogP contribution is 2.29. The number of hydrogen-bond donors (Lipinski definition) is 2. The molecule has 2 N–H and O–H groups in total. The van der Waals surface area contributed by atoms with Crippen LogP contribution < -0.4 is 20.1 Å². The minimum absolute atomic E-state index is 0.0285. The number of likely N-dealkylation sites (tertiary alicyclic amines) is 1. The fourth-order valence-electron chi connectivity index (χ4n) is 3.23. The molecule has 1 heterocycles. The summed E-state index contributed by atoms with van der Waals surface area (Å²) >= 11 is 0. The quantitative estimate of drug-likeness (QED) is 0.836. The molecule has 1 aromatic rings. The minimum Gasteiger partial charge on any atom is -0.497 e. The summed E-state index contributed by atoms with van der Waals surface area (Å²) in [7, 11) is 3.32. The maximum absolute atomic E-state index is 12.0. The van der Waals surface area contributed by atoms with Crippen LogP contribution in [0.25, 0.3) is 0 Å². The van der Waals surface area contributed by atoms with E-state index in [1.165, 1.54) is 0 Å². The van der Waals surface area contributed by atoms with Crippen LogP contribution in [-0.2, 0) is 6.54 Å². The average Bonchev–Trinajstić information content (AvgIpc) is 3.07. The van der Waals surface area contributed by atoms with Gasteiger partial charge < -0.3 is 20.1 Å². The number of urea groups is 1. The molecule has 24 heavy (non-hydrogen) atoms. The molecule has 132 valence electrons. The molecule has 2 fully saturated rings. The van der Waals surface area contributed by atoms with Gasteiger partial charge in [-0.3, -0.25) is 4.90 Å². The van der Waals surface area contributed by atoms with Crippen molar-refractivity contribution in [1.29, 1.82) is 0 Å². The van der Waals surface area contributed by atoms with Gasteiger partial charge >= 0.3 is 6.03 Å². The SMILES string of the molecule is COc1cc(CN2CC[C@H](NC(=O)N[C@@H]3C[C@H]3C)C2)cc(OC)c1. The second-order valence-corrected chi connectivity index (χ2v) is 6.88. The normalized spacial score (nSPS) is 26.0. The predicted octanol–water partition coefficient (Wildman–Crippen LogP) is 1.99. The topological polar surface area (TPSA) is 62.8 Å². The fourth-order valence-corrected chi connectivity index (χ4v) is 3.23. The van der Waals surface area contributed by atoms with Gasteiger partial charge in [0, 0.05) is 37.8 Å². The van der Waals surface area contributed by atoms with Crippen molar-refractivity contribution in [1.82, 2.24) is 15.5 Å². The maximum Gasteiger partial charge on any atom is 0.315 e. The first-order valence-corrected chi connectivity index (χ1v) is 8.58. The molecular weight excluding hydrogens is 306 g/mol. The Morgan fingerprint density at radius 1 is 1.21 bits per heavy atom. The van der Waals surface area contributed by atoms with Gasteiger partial charge in [-0.1, -0.05) is 6.92 Å². The van der Waals surface area contributed by atoms with Crippen LogP contribution in [0.2, 0.25) is 0 Å². The highest BCUT2D eigenvalue weighted by molar-refractivity contribution is 5.75. The summed E-state index contributed by atoms with van der Waals surface area (Å²) in [5.74, 6) is 2.23.